The molecule has 8 heteroatoms. The molecule has 118 valence electrons. The molecule has 1 amide bonds. The number of alkyl halides is 3. The van der Waals surface area contributed by atoms with Gasteiger partial charge in [0.25, 0.3) is 0 Å². The first kappa shape index (κ1) is 17.8. The highest BCUT2D eigenvalue weighted by Crippen LogP contribution is 2.32. The van der Waals surface area contributed by atoms with Crippen molar-refractivity contribution in [2.45, 2.75) is 32.7 Å². The Morgan fingerprint density at radius 2 is 1.95 bits per heavy atom. The molecule has 2 N–H and O–H groups in total. The number of carbonyl (C=O) groups excluding carboxylic acids is 1. The maximum atomic E-state index is 12.2. The number of halogens is 4. The molecule has 0 spiro atoms. The molecule has 1 aromatic carbocycles. The van der Waals surface area contributed by atoms with Crippen molar-refractivity contribution in [2.75, 3.05) is 11.9 Å². The number of hydrogen-bond donors (Lipinski definition) is 2. The lowest BCUT2D eigenvalue weighted by molar-refractivity contribution is -0.274. The molecular formula is C13H16BrF3N2O2. The Labute approximate surface area is 129 Å². The van der Waals surface area contributed by atoms with Gasteiger partial charge in [-0.25, -0.2) is 0 Å². The van der Waals surface area contributed by atoms with Crippen LogP contribution in [0.3, 0.4) is 0 Å². The Morgan fingerprint density at radius 1 is 1.33 bits per heavy atom. The van der Waals surface area contributed by atoms with E-state index in [0.717, 1.165) is 6.07 Å². The van der Waals surface area contributed by atoms with Crippen molar-refractivity contribution in [3.05, 3.63) is 22.7 Å². The van der Waals surface area contributed by atoms with Crippen LogP contribution < -0.4 is 15.4 Å². The Bertz CT molecular complexity index is 519. The molecule has 0 heterocycles. The zero-order valence-electron chi connectivity index (χ0n) is 11.8. The van der Waals surface area contributed by atoms with E-state index in [4.69, 9.17) is 0 Å². The summed E-state index contributed by atoms with van der Waals surface area (Å²) < 4.78 is 40.4. The SMILES string of the molecule is CCNC(C)(C)C(=O)Nc1ccc(OC(F)(F)F)c(Br)c1. The van der Waals surface area contributed by atoms with Gasteiger partial charge in [0.2, 0.25) is 5.91 Å². The Kier molecular flexibility index (Phi) is 5.63. The summed E-state index contributed by atoms with van der Waals surface area (Å²) in [6, 6.07) is 3.82. The van der Waals surface area contributed by atoms with E-state index in [-0.39, 0.29) is 16.1 Å². The van der Waals surface area contributed by atoms with Gasteiger partial charge in [-0.2, -0.15) is 0 Å². The molecule has 0 saturated carbocycles. The van der Waals surface area contributed by atoms with Crippen LogP contribution in [-0.4, -0.2) is 24.4 Å². The van der Waals surface area contributed by atoms with Gasteiger partial charge in [-0.1, -0.05) is 6.92 Å². The lowest BCUT2D eigenvalue weighted by Gasteiger charge is -2.24. The fourth-order valence-corrected chi connectivity index (χ4v) is 2.06. The maximum absolute atomic E-state index is 12.2. The monoisotopic (exact) mass is 368 g/mol. The van der Waals surface area contributed by atoms with Crippen molar-refractivity contribution in [2.24, 2.45) is 0 Å². The van der Waals surface area contributed by atoms with Gasteiger partial charge in [0.15, 0.2) is 0 Å². The minimum Gasteiger partial charge on any atom is -0.405 e. The van der Waals surface area contributed by atoms with E-state index >= 15 is 0 Å². The first-order chi connectivity index (χ1) is 9.55. The molecule has 21 heavy (non-hydrogen) atoms. The highest BCUT2D eigenvalue weighted by molar-refractivity contribution is 9.10. The Hall–Kier alpha value is -1.28. The molecule has 0 aromatic heterocycles. The highest BCUT2D eigenvalue weighted by atomic mass is 79.9. The van der Waals surface area contributed by atoms with Gasteiger partial charge in [-0.05, 0) is 54.5 Å². The molecule has 0 unspecified atom stereocenters. The fraction of sp³-hybridized carbons (Fsp3) is 0.462. The predicted molar refractivity (Wildman–Crippen MR) is 77.2 cm³/mol. The average molecular weight is 369 g/mol. The summed E-state index contributed by atoms with van der Waals surface area (Å²) in [5.41, 5.74) is -0.421. The number of anilines is 1. The summed E-state index contributed by atoms with van der Waals surface area (Å²) >= 11 is 2.98. The topological polar surface area (TPSA) is 50.4 Å². The minimum absolute atomic E-state index is 0.0962. The van der Waals surface area contributed by atoms with Crippen molar-refractivity contribution in [3.8, 4) is 5.75 Å². The van der Waals surface area contributed by atoms with Crippen molar-refractivity contribution < 1.29 is 22.7 Å². The van der Waals surface area contributed by atoms with E-state index in [9.17, 15) is 18.0 Å². The van der Waals surface area contributed by atoms with Crippen LogP contribution in [0.1, 0.15) is 20.8 Å². The van der Waals surface area contributed by atoms with Gasteiger partial charge in [0, 0.05) is 5.69 Å². The summed E-state index contributed by atoms with van der Waals surface area (Å²) in [5, 5.41) is 5.63. The molecule has 0 bridgehead atoms. The summed E-state index contributed by atoms with van der Waals surface area (Å²) in [7, 11) is 0. The zero-order valence-corrected chi connectivity index (χ0v) is 13.4. The smallest absolute Gasteiger partial charge is 0.405 e. The first-order valence-electron chi connectivity index (χ1n) is 6.17. The standard InChI is InChI=1S/C13H16BrF3N2O2/c1-4-18-12(2,3)11(20)19-8-5-6-10(9(14)7-8)21-13(15,16)17/h5-7,18H,4H2,1-3H3,(H,19,20). The number of hydrogen-bond acceptors (Lipinski definition) is 3. The van der Waals surface area contributed by atoms with Gasteiger partial charge >= 0.3 is 6.36 Å². The predicted octanol–water partition coefficient (Wildman–Crippen LogP) is 3.67. The van der Waals surface area contributed by atoms with Gasteiger partial charge in [-0.15, -0.1) is 13.2 Å². The third kappa shape index (κ3) is 5.55. The normalized spacial score (nSPS) is 12.1. The molecule has 0 atom stereocenters. The fourth-order valence-electron chi connectivity index (χ4n) is 1.60. The molecule has 0 fully saturated rings. The van der Waals surface area contributed by atoms with Gasteiger partial charge < -0.3 is 15.4 Å². The van der Waals surface area contributed by atoms with E-state index in [1.807, 2.05) is 6.92 Å². The molecule has 4 nitrogen and oxygen atoms in total. The zero-order chi connectivity index (χ0) is 16.3. The van der Waals surface area contributed by atoms with Crippen molar-refractivity contribution >= 4 is 27.5 Å². The summed E-state index contributed by atoms with van der Waals surface area (Å²) in [6.07, 6.45) is -4.76. The summed E-state index contributed by atoms with van der Waals surface area (Å²) in [4.78, 5) is 12.0. The van der Waals surface area contributed by atoms with E-state index in [1.54, 1.807) is 13.8 Å². The number of ether oxygens (including phenoxy) is 1. The van der Waals surface area contributed by atoms with Crippen molar-refractivity contribution in [1.82, 2.24) is 5.32 Å². The number of amides is 1. The largest absolute Gasteiger partial charge is 0.573 e. The lowest BCUT2D eigenvalue weighted by atomic mass is 10.0. The van der Waals surface area contributed by atoms with Crippen LogP contribution in [0.4, 0.5) is 18.9 Å². The summed E-state index contributed by atoms with van der Waals surface area (Å²) in [6.45, 7) is 5.90. The second-order valence-electron chi connectivity index (χ2n) is 4.80. The van der Waals surface area contributed by atoms with Crippen LogP contribution in [0.2, 0.25) is 0 Å². The van der Waals surface area contributed by atoms with E-state index in [0.29, 0.717) is 12.2 Å². The minimum atomic E-state index is -4.76. The highest BCUT2D eigenvalue weighted by Gasteiger charge is 2.32. The van der Waals surface area contributed by atoms with Crippen molar-refractivity contribution in [1.29, 1.82) is 0 Å². The second kappa shape index (κ2) is 6.65. The number of carbonyl (C=O) groups is 1. The first-order valence-corrected chi connectivity index (χ1v) is 6.96. The van der Waals surface area contributed by atoms with Gasteiger partial charge in [0.1, 0.15) is 5.75 Å². The molecule has 0 radical (unpaired) electrons. The number of nitrogens with one attached hydrogen (secondary N) is 2. The van der Waals surface area contributed by atoms with Crippen LogP contribution in [0.25, 0.3) is 0 Å². The molecule has 1 rings (SSSR count). The van der Waals surface area contributed by atoms with Crippen LogP contribution in [0.5, 0.6) is 5.75 Å². The molecule has 1 aromatic rings. The van der Waals surface area contributed by atoms with E-state index in [1.165, 1.54) is 12.1 Å². The number of likely N-dealkylation sites (N-methyl/N-ethyl adjacent to an activating group) is 1. The Balaban J connectivity index is 2.83. The third-order valence-electron chi connectivity index (χ3n) is 2.60. The molecule has 0 saturated heterocycles. The van der Waals surface area contributed by atoms with E-state index in [2.05, 4.69) is 31.3 Å². The Morgan fingerprint density at radius 3 is 2.43 bits per heavy atom. The number of benzene rings is 1. The molecular weight excluding hydrogens is 353 g/mol. The van der Waals surface area contributed by atoms with E-state index < -0.39 is 11.9 Å². The quantitative estimate of drug-likeness (QED) is 0.833. The molecule has 0 aliphatic rings. The summed E-state index contributed by atoms with van der Waals surface area (Å²) in [5.74, 6) is -0.660. The molecule has 0 aliphatic heterocycles. The third-order valence-corrected chi connectivity index (χ3v) is 3.22. The van der Waals surface area contributed by atoms with Crippen LogP contribution in [0.15, 0.2) is 22.7 Å². The van der Waals surface area contributed by atoms with Gasteiger partial charge in [-0.3, -0.25) is 4.79 Å². The number of rotatable bonds is 5. The van der Waals surface area contributed by atoms with Crippen molar-refractivity contribution in [3.63, 3.8) is 0 Å². The van der Waals surface area contributed by atoms with Crippen LogP contribution in [0, 0.1) is 0 Å². The van der Waals surface area contributed by atoms with Crippen LogP contribution in [-0.2, 0) is 4.79 Å². The lowest BCUT2D eigenvalue weighted by Crippen LogP contribution is -2.49. The average Bonchev–Trinajstić information content (AvgIpc) is 2.31. The second-order valence-corrected chi connectivity index (χ2v) is 5.66. The van der Waals surface area contributed by atoms with Crippen LogP contribution >= 0.6 is 15.9 Å². The molecule has 0 aliphatic carbocycles. The van der Waals surface area contributed by atoms with Gasteiger partial charge in [0.05, 0.1) is 10.0 Å². The maximum Gasteiger partial charge on any atom is 0.573 e.